The Morgan fingerprint density at radius 1 is 1.22 bits per heavy atom. The van der Waals surface area contributed by atoms with Gasteiger partial charge in [-0.1, -0.05) is 5.16 Å². The van der Waals surface area contributed by atoms with Crippen molar-refractivity contribution in [1.29, 1.82) is 0 Å². The molecule has 0 saturated heterocycles. The molecule has 2 aromatic carbocycles. The molecule has 0 atom stereocenters. The van der Waals surface area contributed by atoms with Gasteiger partial charge in [0, 0.05) is 30.3 Å². The fraction of sp³-hybridized carbons (Fsp3) is 0.167. The van der Waals surface area contributed by atoms with Gasteiger partial charge in [0.25, 0.3) is 11.6 Å². The maximum Gasteiger partial charge on any atom is 0.269 e. The highest BCUT2D eigenvalue weighted by Crippen LogP contribution is 2.23. The first kappa shape index (κ1) is 18.1. The van der Waals surface area contributed by atoms with Gasteiger partial charge < -0.3 is 14.6 Å². The zero-order chi connectivity index (χ0) is 19.4. The van der Waals surface area contributed by atoms with Crippen molar-refractivity contribution in [2.45, 2.75) is 13.8 Å². The van der Waals surface area contributed by atoms with E-state index in [0.717, 1.165) is 11.1 Å². The van der Waals surface area contributed by atoms with Gasteiger partial charge in [-0.25, -0.2) is 0 Å². The summed E-state index contributed by atoms with van der Waals surface area (Å²) in [6.07, 6.45) is 0. The molecule has 9 heteroatoms. The number of ether oxygens (including phenoxy) is 1. The predicted octanol–water partition coefficient (Wildman–Crippen LogP) is 3.28. The smallest absolute Gasteiger partial charge is 0.269 e. The molecule has 3 rings (SSSR count). The molecular weight excluding hydrogens is 352 g/mol. The van der Waals surface area contributed by atoms with E-state index in [1.54, 1.807) is 19.1 Å². The number of nitro benzene ring substituents is 1. The minimum Gasteiger partial charge on any atom is -0.484 e. The van der Waals surface area contributed by atoms with Crippen LogP contribution in [-0.4, -0.2) is 27.6 Å². The lowest BCUT2D eigenvalue weighted by molar-refractivity contribution is -0.384. The molecule has 0 radical (unpaired) electrons. The highest BCUT2D eigenvalue weighted by Gasteiger charge is 2.11. The number of nitro groups is 1. The van der Waals surface area contributed by atoms with E-state index in [4.69, 9.17) is 9.26 Å². The number of amides is 1. The third kappa shape index (κ3) is 4.46. The average Bonchev–Trinajstić information content (AvgIpc) is 3.08. The molecule has 0 aliphatic carbocycles. The Hall–Kier alpha value is -3.75. The van der Waals surface area contributed by atoms with Gasteiger partial charge in [-0.15, -0.1) is 0 Å². The van der Waals surface area contributed by atoms with E-state index in [1.807, 2.05) is 13.0 Å². The predicted molar refractivity (Wildman–Crippen MR) is 96.4 cm³/mol. The lowest BCUT2D eigenvalue weighted by atomic mass is 10.1. The molecule has 1 amide bonds. The van der Waals surface area contributed by atoms with E-state index in [1.165, 1.54) is 24.3 Å². The molecule has 1 N–H and O–H groups in total. The summed E-state index contributed by atoms with van der Waals surface area (Å²) in [6.45, 7) is 3.34. The molecule has 0 bridgehead atoms. The van der Waals surface area contributed by atoms with Crippen LogP contribution in [0.3, 0.4) is 0 Å². The first-order valence-electron chi connectivity index (χ1n) is 8.01. The second kappa shape index (κ2) is 7.65. The van der Waals surface area contributed by atoms with E-state index in [-0.39, 0.29) is 18.2 Å². The lowest BCUT2D eigenvalue weighted by Gasteiger charge is -2.10. The van der Waals surface area contributed by atoms with Gasteiger partial charge in [0.15, 0.2) is 6.61 Å². The fourth-order valence-corrected chi connectivity index (χ4v) is 2.36. The Labute approximate surface area is 154 Å². The molecule has 27 heavy (non-hydrogen) atoms. The van der Waals surface area contributed by atoms with Crippen molar-refractivity contribution >= 4 is 17.3 Å². The standard InChI is InChI=1S/C18H16N4O5/c1-11-9-13(18-19-12(2)27-21-18)3-8-16(11)20-17(23)10-26-15-6-4-14(5-7-15)22(24)25/h3-9H,10H2,1-2H3,(H,20,23). The van der Waals surface area contributed by atoms with Crippen molar-refractivity contribution in [2.24, 2.45) is 0 Å². The van der Waals surface area contributed by atoms with Crippen LogP contribution in [0, 0.1) is 24.0 Å². The van der Waals surface area contributed by atoms with Gasteiger partial charge in [0.1, 0.15) is 5.75 Å². The number of carbonyl (C=O) groups excluding carboxylic acids is 1. The zero-order valence-corrected chi connectivity index (χ0v) is 14.6. The monoisotopic (exact) mass is 368 g/mol. The topological polar surface area (TPSA) is 120 Å². The van der Waals surface area contributed by atoms with Crippen LogP contribution < -0.4 is 10.1 Å². The van der Waals surface area contributed by atoms with Crippen LogP contribution in [0.2, 0.25) is 0 Å². The van der Waals surface area contributed by atoms with Crippen LogP contribution in [0.15, 0.2) is 47.0 Å². The number of carbonyl (C=O) groups is 1. The van der Waals surface area contributed by atoms with Crippen LogP contribution in [0.25, 0.3) is 11.4 Å². The van der Waals surface area contributed by atoms with E-state index in [2.05, 4.69) is 15.5 Å². The maximum atomic E-state index is 12.1. The Morgan fingerprint density at radius 3 is 2.56 bits per heavy atom. The molecule has 138 valence electrons. The second-order valence-corrected chi connectivity index (χ2v) is 5.75. The van der Waals surface area contributed by atoms with Crippen molar-refractivity contribution in [3.63, 3.8) is 0 Å². The number of anilines is 1. The van der Waals surface area contributed by atoms with Gasteiger partial charge in [0.05, 0.1) is 4.92 Å². The largest absolute Gasteiger partial charge is 0.484 e. The summed E-state index contributed by atoms with van der Waals surface area (Å²) >= 11 is 0. The minimum absolute atomic E-state index is 0.0423. The SMILES string of the molecule is Cc1nc(-c2ccc(NC(=O)COc3ccc([N+](=O)[O-])cc3)c(C)c2)no1. The van der Waals surface area contributed by atoms with Crippen molar-refractivity contribution in [2.75, 3.05) is 11.9 Å². The molecule has 0 fully saturated rings. The molecular formula is C18H16N4O5. The number of hydrogen-bond acceptors (Lipinski definition) is 7. The Morgan fingerprint density at radius 2 is 1.96 bits per heavy atom. The average molecular weight is 368 g/mol. The summed E-state index contributed by atoms with van der Waals surface area (Å²) in [5.74, 6) is 0.980. The number of rotatable bonds is 6. The Balaban J connectivity index is 1.59. The molecule has 0 spiro atoms. The van der Waals surface area contributed by atoms with Crippen molar-refractivity contribution in [1.82, 2.24) is 10.1 Å². The summed E-state index contributed by atoms with van der Waals surface area (Å²) in [4.78, 5) is 26.4. The summed E-state index contributed by atoms with van der Waals surface area (Å²) < 4.78 is 10.3. The number of nitrogens with one attached hydrogen (secondary N) is 1. The van der Waals surface area contributed by atoms with Crippen LogP contribution in [0.1, 0.15) is 11.5 Å². The molecule has 9 nitrogen and oxygen atoms in total. The van der Waals surface area contributed by atoms with E-state index in [9.17, 15) is 14.9 Å². The lowest BCUT2D eigenvalue weighted by Crippen LogP contribution is -2.20. The van der Waals surface area contributed by atoms with Crippen LogP contribution in [0.5, 0.6) is 5.75 Å². The van der Waals surface area contributed by atoms with Gasteiger partial charge in [-0.2, -0.15) is 4.98 Å². The molecule has 0 saturated carbocycles. The first-order valence-corrected chi connectivity index (χ1v) is 8.01. The normalized spacial score (nSPS) is 10.4. The molecule has 1 aromatic heterocycles. The van der Waals surface area contributed by atoms with E-state index in [0.29, 0.717) is 23.2 Å². The fourth-order valence-electron chi connectivity index (χ4n) is 2.36. The van der Waals surface area contributed by atoms with Gasteiger partial charge >= 0.3 is 0 Å². The third-order valence-electron chi connectivity index (χ3n) is 3.70. The molecule has 1 heterocycles. The molecule has 0 unspecified atom stereocenters. The number of nitrogens with zero attached hydrogens (tertiary/aromatic N) is 3. The summed E-state index contributed by atoms with van der Waals surface area (Å²) in [7, 11) is 0. The van der Waals surface area contributed by atoms with Crippen molar-refractivity contribution < 1.29 is 19.0 Å². The molecule has 0 aliphatic heterocycles. The van der Waals surface area contributed by atoms with Gasteiger partial charge in [0.2, 0.25) is 11.7 Å². The first-order chi connectivity index (χ1) is 12.9. The van der Waals surface area contributed by atoms with Crippen LogP contribution in [-0.2, 0) is 4.79 Å². The summed E-state index contributed by atoms with van der Waals surface area (Å²) in [5, 5.41) is 17.2. The van der Waals surface area contributed by atoms with E-state index < -0.39 is 4.92 Å². The molecule has 3 aromatic rings. The second-order valence-electron chi connectivity index (χ2n) is 5.75. The minimum atomic E-state index is -0.501. The quantitative estimate of drug-likeness (QED) is 0.523. The Kier molecular flexibility index (Phi) is 5.11. The van der Waals surface area contributed by atoms with Crippen LogP contribution >= 0.6 is 0 Å². The third-order valence-corrected chi connectivity index (χ3v) is 3.70. The van der Waals surface area contributed by atoms with Crippen LogP contribution in [0.4, 0.5) is 11.4 Å². The summed E-state index contributed by atoms with van der Waals surface area (Å²) in [5.41, 5.74) is 2.21. The summed E-state index contributed by atoms with van der Waals surface area (Å²) in [6, 6.07) is 10.9. The Bertz CT molecular complexity index is 982. The number of non-ortho nitro benzene ring substituents is 1. The van der Waals surface area contributed by atoms with Gasteiger partial charge in [-0.3, -0.25) is 14.9 Å². The number of aromatic nitrogens is 2. The highest BCUT2D eigenvalue weighted by atomic mass is 16.6. The number of aryl methyl sites for hydroxylation is 2. The maximum absolute atomic E-state index is 12.1. The highest BCUT2D eigenvalue weighted by molar-refractivity contribution is 5.92. The van der Waals surface area contributed by atoms with Gasteiger partial charge in [-0.05, 0) is 42.8 Å². The van der Waals surface area contributed by atoms with Crippen molar-refractivity contribution in [3.05, 3.63) is 64.0 Å². The molecule has 0 aliphatic rings. The number of hydrogen-bond donors (Lipinski definition) is 1. The van der Waals surface area contributed by atoms with E-state index >= 15 is 0 Å². The van der Waals surface area contributed by atoms with Crippen molar-refractivity contribution in [3.8, 4) is 17.1 Å². The number of benzene rings is 2. The zero-order valence-electron chi connectivity index (χ0n) is 14.6.